The Balaban J connectivity index is 2.68. The number of aliphatic hydroxyl groups excluding tert-OH is 1. The minimum Gasteiger partial charge on any atom is -0.364 e. The van der Waals surface area contributed by atoms with Crippen molar-refractivity contribution in [3.8, 4) is 0 Å². The Bertz CT molecular complexity index is 37.1. The van der Waals surface area contributed by atoms with Crippen LogP contribution in [0.3, 0.4) is 0 Å². The smallest absolute Gasteiger partial charge is 0.196 e. The largest absolute Gasteiger partial charge is 0.364 e. The van der Waals surface area contributed by atoms with Crippen molar-refractivity contribution in [2.45, 2.75) is 32.5 Å². The lowest BCUT2D eigenvalue weighted by Gasteiger charge is -1.94. The Labute approximate surface area is 43.2 Å². The lowest BCUT2D eigenvalue weighted by atomic mass is 10.3. The molecule has 1 atom stereocenters. The fourth-order valence-electron chi connectivity index (χ4n) is 0.373. The molecule has 1 N–H and O–H groups in total. The normalized spacial score (nSPS) is 14.1. The molecule has 0 saturated carbocycles. The molecule has 0 aliphatic carbocycles. The summed E-state index contributed by atoms with van der Waals surface area (Å²) in [6.45, 7) is 1.96. The van der Waals surface area contributed by atoms with Crippen LogP contribution in [0.1, 0.15) is 26.2 Å². The first-order chi connectivity index (χ1) is 3.27. The highest BCUT2D eigenvalue weighted by atomic mass is 19.1. The van der Waals surface area contributed by atoms with E-state index in [1.807, 2.05) is 6.92 Å². The molecular weight excluding hydrogens is 95.1 g/mol. The molecule has 1 nitrogen and oxygen atoms in total. The van der Waals surface area contributed by atoms with E-state index in [0.717, 1.165) is 12.8 Å². The number of hydrogen-bond acceptors (Lipinski definition) is 1. The van der Waals surface area contributed by atoms with E-state index in [-0.39, 0.29) is 6.42 Å². The molecule has 0 spiro atoms. The van der Waals surface area contributed by atoms with E-state index in [1.54, 1.807) is 0 Å². The second kappa shape index (κ2) is 4.06. The Morgan fingerprint density at radius 2 is 2.29 bits per heavy atom. The fourth-order valence-corrected chi connectivity index (χ4v) is 0.373. The molecule has 2 heteroatoms. The lowest BCUT2D eigenvalue weighted by molar-refractivity contribution is 0.0327. The Hall–Kier alpha value is -0.110. The summed E-state index contributed by atoms with van der Waals surface area (Å²) in [7, 11) is 0. The van der Waals surface area contributed by atoms with Crippen LogP contribution >= 0.6 is 0 Å². The van der Waals surface area contributed by atoms with Crippen molar-refractivity contribution in [1.29, 1.82) is 0 Å². The maximum Gasteiger partial charge on any atom is 0.196 e. The monoisotopic (exact) mass is 106 g/mol. The van der Waals surface area contributed by atoms with Gasteiger partial charge in [0.25, 0.3) is 0 Å². The van der Waals surface area contributed by atoms with Crippen molar-refractivity contribution in [3.63, 3.8) is 0 Å². The number of hydrogen-bond donors (Lipinski definition) is 1. The minimum absolute atomic E-state index is 0.288. The van der Waals surface area contributed by atoms with E-state index < -0.39 is 6.36 Å². The molecule has 1 unspecified atom stereocenters. The van der Waals surface area contributed by atoms with Crippen LogP contribution in [0.4, 0.5) is 4.39 Å². The first-order valence-electron chi connectivity index (χ1n) is 2.59. The second-order valence-electron chi connectivity index (χ2n) is 1.58. The van der Waals surface area contributed by atoms with Crippen LogP contribution in [0.2, 0.25) is 0 Å². The molecule has 0 aromatic heterocycles. The van der Waals surface area contributed by atoms with Gasteiger partial charge in [0.1, 0.15) is 0 Å². The van der Waals surface area contributed by atoms with E-state index in [0.29, 0.717) is 0 Å². The van der Waals surface area contributed by atoms with Crippen molar-refractivity contribution in [2.75, 3.05) is 0 Å². The molecule has 0 heterocycles. The van der Waals surface area contributed by atoms with Crippen molar-refractivity contribution in [2.24, 2.45) is 0 Å². The highest BCUT2D eigenvalue weighted by molar-refractivity contribution is 4.37. The summed E-state index contributed by atoms with van der Waals surface area (Å²) < 4.78 is 11.4. The first-order valence-corrected chi connectivity index (χ1v) is 2.59. The van der Waals surface area contributed by atoms with Gasteiger partial charge < -0.3 is 5.11 Å². The van der Waals surface area contributed by atoms with Crippen molar-refractivity contribution < 1.29 is 9.50 Å². The predicted molar refractivity (Wildman–Crippen MR) is 26.6 cm³/mol. The van der Waals surface area contributed by atoms with E-state index in [2.05, 4.69) is 0 Å². The van der Waals surface area contributed by atoms with Crippen LogP contribution in [0.5, 0.6) is 0 Å². The van der Waals surface area contributed by atoms with Gasteiger partial charge in [-0.2, -0.15) is 0 Å². The summed E-state index contributed by atoms with van der Waals surface area (Å²) in [5.74, 6) is 0. The molecule has 0 aromatic rings. The maximum atomic E-state index is 11.4. The molecule has 0 aromatic carbocycles. The Morgan fingerprint density at radius 1 is 1.71 bits per heavy atom. The third-order valence-electron chi connectivity index (χ3n) is 0.796. The van der Waals surface area contributed by atoms with Crippen molar-refractivity contribution in [3.05, 3.63) is 0 Å². The number of unbranched alkanes of at least 4 members (excludes halogenated alkanes) is 1. The van der Waals surface area contributed by atoms with E-state index in [1.165, 1.54) is 0 Å². The molecule has 0 aliphatic heterocycles. The fraction of sp³-hybridized carbons (Fsp3) is 1.00. The highest BCUT2D eigenvalue weighted by Gasteiger charge is 1.94. The molecule has 0 amide bonds. The SMILES string of the molecule is CCCCC(O)F. The van der Waals surface area contributed by atoms with Gasteiger partial charge in [-0.1, -0.05) is 13.3 Å². The summed E-state index contributed by atoms with van der Waals surface area (Å²) >= 11 is 0. The summed E-state index contributed by atoms with van der Waals surface area (Å²) in [6.07, 6.45) is 0.412. The van der Waals surface area contributed by atoms with Gasteiger partial charge in [-0.15, -0.1) is 0 Å². The van der Waals surface area contributed by atoms with Gasteiger partial charge in [-0.3, -0.25) is 0 Å². The Morgan fingerprint density at radius 3 is 2.43 bits per heavy atom. The van der Waals surface area contributed by atoms with Crippen LogP contribution in [-0.4, -0.2) is 11.5 Å². The van der Waals surface area contributed by atoms with Gasteiger partial charge in [0.05, 0.1) is 0 Å². The first kappa shape index (κ1) is 6.89. The summed E-state index contributed by atoms with van der Waals surface area (Å²) in [6, 6.07) is 0. The molecule has 0 fully saturated rings. The topological polar surface area (TPSA) is 20.2 Å². The third-order valence-corrected chi connectivity index (χ3v) is 0.796. The molecule has 44 valence electrons. The van der Waals surface area contributed by atoms with Crippen LogP contribution < -0.4 is 0 Å². The minimum atomic E-state index is -1.60. The van der Waals surface area contributed by atoms with Crippen LogP contribution in [0.25, 0.3) is 0 Å². The lowest BCUT2D eigenvalue weighted by Crippen LogP contribution is -1.94. The van der Waals surface area contributed by atoms with Gasteiger partial charge in [-0.05, 0) is 6.42 Å². The number of halogens is 1. The number of rotatable bonds is 3. The van der Waals surface area contributed by atoms with Gasteiger partial charge in [-0.25, -0.2) is 4.39 Å². The predicted octanol–water partition coefficient (Wildman–Crippen LogP) is 1.46. The van der Waals surface area contributed by atoms with Crippen LogP contribution in [0, 0.1) is 0 Å². The molecule has 0 rings (SSSR count). The van der Waals surface area contributed by atoms with Crippen molar-refractivity contribution >= 4 is 0 Å². The van der Waals surface area contributed by atoms with Crippen LogP contribution in [0.15, 0.2) is 0 Å². The van der Waals surface area contributed by atoms with Gasteiger partial charge in [0, 0.05) is 6.42 Å². The van der Waals surface area contributed by atoms with Crippen molar-refractivity contribution in [1.82, 2.24) is 0 Å². The quantitative estimate of drug-likeness (QED) is 0.577. The zero-order valence-corrected chi connectivity index (χ0v) is 4.52. The second-order valence-corrected chi connectivity index (χ2v) is 1.58. The van der Waals surface area contributed by atoms with Gasteiger partial charge in [0.2, 0.25) is 0 Å². The molecule has 0 radical (unpaired) electrons. The Kier molecular flexibility index (Phi) is 4.00. The molecular formula is C5H11FO. The van der Waals surface area contributed by atoms with E-state index in [9.17, 15) is 4.39 Å². The highest BCUT2D eigenvalue weighted by Crippen LogP contribution is 1.99. The van der Waals surface area contributed by atoms with E-state index in [4.69, 9.17) is 5.11 Å². The molecule has 0 saturated heterocycles. The molecule has 0 aliphatic rings. The van der Waals surface area contributed by atoms with Crippen LogP contribution in [-0.2, 0) is 0 Å². The zero-order valence-electron chi connectivity index (χ0n) is 4.52. The zero-order chi connectivity index (χ0) is 5.70. The van der Waals surface area contributed by atoms with E-state index >= 15 is 0 Å². The summed E-state index contributed by atoms with van der Waals surface area (Å²) in [5.41, 5.74) is 0. The standard InChI is InChI=1S/C5H11FO/c1-2-3-4-5(6)7/h5,7H,2-4H2,1H3. The molecule has 0 bridgehead atoms. The summed E-state index contributed by atoms with van der Waals surface area (Å²) in [5, 5.41) is 8.02. The number of aliphatic hydroxyl groups is 1. The maximum absolute atomic E-state index is 11.4. The molecule has 7 heavy (non-hydrogen) atoms. The number of alkyl halides is 1. The average Bonchev–Trinajstić information content (AvgIpc) is 1.61. The van der Waals surface area contributed by atoms with Gasteiger partial charge in [0.15, 0.2) is 6.36 Å². The average molecular weight is 106 g/mol. The summed E-state index contributed by atoms with van der Waals surface area (Å²) in [4.78, 5) is 0. The third kappa shape index (κ3) is 5.89. The van der Waals surface area contributed by atoms with Gasteiger partial charge >= 0.3 is 0 Å².